The second-order valence-corrected chi connectivity index (χ2v) is 7.76. The minimum absolute atomic E-state index is 0.581. The summed E-state index contributed by atoms with van der Waals surface area (Å²) < 4.78 is 30.1. The fourth-order valence-corrected chi connectivity index (χ4v) is 3.44. The number of furan rings is 1. The maximum atomic E-state index is 11.4. The standard InChI is InChI=1S/C10H10N2OS.C8H7NO2S.3C2H6/c1-11-14(13)10-3-2-8-4-5-12-7-9(8)6-10;9-12(10)7-2-1-6-3-4-11-8(6)5-7;3*1-2/h2-7,11H,1H3;1-5H,9H2;3*1-2H3. The third-order valence-electron chi connectivity index (χ3n) is 3.67. The highest BCUT2D eigenvalue weighted by Gasteiger charge is 2.02. The smallest absolute Gasteiger partial charge is 0.135 e. The maximum absolute atomic E-state index is 11.4. The van der Waals surface area contributed by atoms with Crippen LogP contribution in [0.15, 0.2) is 81.4 Å². The lowest BCUT2D eigenvalue weighted by molar-refractivity contribution is 0.614. The first-order chi connectivity index (χ1) is 15.6. The molecule has 0 aliphatic rings. The normalized spacial score (nSPS) is 11.2. The van der Waals surface area contributed by atoms with E-state index in [1.165, 1.54) is 0 Å². The number of rotatable bonds is 3. The van der Waals surface area contributed by atoms with Gasteiger partial charge in [-0.3, -0.25) is 4.98 Å². The number of pyridine rings is 1. The fraction of sp³-hybridized carbons (Fsp3) is 0.292. The van der Waals surface area contributed by atoms with Crippen LogP contribution in [0.3, 0.4) is 0 Å². The van der Waals surface area contributed by atoms with Crippen molar-refractivity contribution in [1.82, 2.24) is 9.71 Å². The molecule has 0 spiro atoms. The summed E-state index contributed by atoms with van der Waals surface area (Å²) in [5.74, 6) is 0. The number of benzene rings is 2. The molecular formula is C24H35N3O3S2. The number of hydrogen-bond donors (Lipinski definition) is 2. The molecule has 0 aliphatic carbocycles. The van der Waals surface area contributed by atoms with Crippen molar-refractivity contribution in [3.8, 4) is 0 Å². The lowest BCUT2D eigenvalue weighted by atomic mass is 10.2. The molecule has 0 aliphatic heterocycles. The van der Waals surface area contributed by atoms with E-state index in [4.69, 9.17) is 9.56 Å². The predicted molar refractivity (Wildman–Crippen MR) is 138 cm³/mol. The van der Waals surface area contributed by atoms with Crippen LogP contribution in [0.4, 0.5) is 0 Å². The zero-order chi connectivity index (χ0) is 24.5. The van der Waals surface area contributed by atoms with Gasteiger partial charge >= 0.3 is 0 Å². The van der Waals surface area contributed by atoms with Crippen LogP contribution in [0.1, 0.15) is 41.5 Å². The van der Waals surface area contributed by atoms with E-state index in [0.717, 1.165) is 21.1 Å². The lowest BCUT2D eigenvalue weighted by Gasteiger charge is -2.01. The van der Waals surface area contributed by atoms with Crippen LogP contribution >= 0.6 is 0 Å². The summed E-state index contributed by atoms with van der Waals surface area (Å²) in [6.07, 6.45) is 5.11. The molecule has 32 heavy (non-hydrogen) atoms. The van der Waals surface area contributed by atoms with Crippen molar-refractivity contribution >= 4 is 43.7 Å². The van der Waals surface area contributed by atoms with Crippen molar-refractivity contribution < 1.29 is 12.8 Å². The molecule has 0 fully saturated rings. The van der Waals surface area contributed by atoms with E-state index in [0.29, 0.717) is 10.5 Å². The minimum Gasteiger partial charge on any atom is -0.464 e. The van der Waals surface area contributed by atoms with Crippen molar-refractivity contribution in [3.63, 3.8) is 0 Å². The molecule has 2 unspecified atom stereocenters. The van der Waals surface area contributed by atoms with Gasteiger partial charge in [0.15, 0.2) is 0 Å². The van der Waals surface area contributed by atoms with Crippen LogP contribution in [0, 0.1) is 0 Å². The molecule has 2 aromatic carbocycles. The van der Waals surface area contributed by atoms with E-state index in [1.807, 2.05) is 77.9 Å². The van der Waals surface area contributed by atoms with Crippen LogP contribution in [0.25, 0.3) is 21.7 Å². The largest absolute Gasteiger partial charge is 0.464 e. The highest BCUT2D eigenvalue weighted by molar-refractivity contribution is 7.83. The van der Waals surface area contributed by atoms with E-state index >= 15 is 0 Å². The second-order valence-electron chi connectivity index (χ2n) is 5.28. The first kappa shape index (κ1) is 29.6. The molecular weight excluding hydrogens is 442 g/mol. The number of fused-ring (bicyclic) bond motifs is 2. The SMILES string of the molecule is CC.CC.CC.CNS(=O)c1ccc2ccncc2c1.NS(=O)c1ccc2ccoc2c1. The van der Waals surface area contributed by atoms with Gasteiger partial charge in [0.2, 0.25) is 0 Å². The van der Waals surface area contributed by atoms with Crippen molar-refractivity contribution in [2.45, 2.75) is 51.3 Å². The molecule has 4 aromatic rings. The van der Waals surface area contributed by atoms with Gasteiger partial charge in [-0.1, -0.05) is 47.6 Å². The number of nitrogens with zero attached hydrogens (tertiary/aromatic N) is 1. The highest BCUT2D eigenvalue weighted by atomic mass is 32.2. The monoisotopic (exact) mass is 477 g/mol. The Morgan fingerprint density at radius 3 is 2.06 bits per heavy atom. The molecule has 0 saturated heterocycles. The zero-order valence-electron chi connectivity index (χ0n) is 19.9. The van der Waals surface area contributed by atoms with Gasteiger partial charge < -0.3 is 4.42 Å². The van der Waals surface area contributed by atoms with Gasteiger partial charge in [0.1, 0.15) is 27.6 Å². The predicted octanol–water partition coefficient (Wildman–Crippen LogP) is 5.97. The molecule has 4 rings (SSSR count). The highest BCUT2D eigenvalue weighted by Crippen LogP contribution is 2.18. The Hall–Kier alpha value is -2.39. The molecule has 6 nitrogen and oxygen atoms in total. The van der Waals surface area contributed by atoms with Crippen molar-refractivity contribution in [2.75, 3.05) is 7.05 Å². The van der Waals surface area contributed by atoms with Gasteiger partial charge in [0.05, 0.1) is 16.1 Å². The Morgan fingerprint density at radius 2 is 1.44 bits per heavy atom. The van der Waals surface area contributed by atoms with Crippen molar-refractivity contribution in [3.05, 3.63) is 67.2 Å². The van der Waals surface area contributed by atoms with E-state index < -0.39 is 22.0 Å². The zero-order valence-corrected chi connectivity index (χ0v) is 21.5. The Balaban J connectivity index is 0.000000491. The van der Waals surface area contributed by atoms with Gasteiger partial charge in [-0.25, -0.2) is 18.3 Å². The average molecular weight is 478 g/mol. The van der Waals surface area contributed by atoms with E-state index in [-0.39, 0.29) is 0 Å². The fourth-order valence-electron chi connectivity index (χ4n) is 2.36. The third kappa shape index (κ3) is 9.00. The number of nitrogens with one attached hydrogen (secondary N) is 1. The molecule has 2 heterocycles. The van der Waals surface area contributed by atoms with Crippen LogP contribution in [-0.4, -0.2) is 20.4 Å². The van der Waals surface area contributed by atoms with Gasteiger partial charge in [-0.2, -0.15) is 0 Å². The maximum Gasteiger partial charge on any atom is 0.135 e. The minimum atomic E-state index is -1.43. The van der Waals surface area contributed by atoms with Crippen molar-refractivity contribution in [1.29, 1.82) is 0 Å². The topological polar surface area (TPSA) is 98.2 Å². The molecule has 2 atom stereocenters. The van der Waals surface area contributed by atoms with Crippen LogP contribution in [-0.2, 0) is 22.0 Å². The summed E-state index contributed by atoms with van der Waals surface area (Å²) in [7, 11) is -0.883. The van der Waals surface area contributed by atoms with E-state index in [9.17, 15) is 8.42 Å². The van der Waals surface area contributed by atoms with Gasteiger partial charge in [-0.05, 0) is 54.9 Å². The lowest BCUT2D eigenvalue weighted by Crippen LogP contribution is -2.10. The van der Waals surface area contributed by atoms with Crippen LogP contribution < -0.4 is 9.86 Å². The van der Waals surface area contributed by atoms with Gasteiger partial charge in [0.25, 0.3) is 0 Å². The number of hydrogen-bond acceptors (Lipinski definition) is 4. The summed E-state index contributed by atoms with van der Waals surface area (Å²) in [5, 5.41) is 8.31. The quantitative estimate of drug-likeness (QED) is 0.380. The third-order valence-corrected chi connectivity index (χ3v) is 5.44. The van der Waals surface area contributed by atoms with E-state index in [2.05, 4.69) is 9.71 Å². The Labute approximate surface area is 196 Å². The van der Waals surface area contributed by atoms with Crippen LogP contribution in [0.2, 0.25) is 0 Å². The van der Waals surface area contributed by atoms with Crippen LogP contribution in [0.5, 0.6) is 0 Å². The summed E-state index contributed by atoms with van der Waals surface area (Å²) in [5.41, 5.74) is 0.714. The molecule has 0 amide bonds. The van der Waals surface area contributed by atoms with Gasteiger partial charge in [0, 0.05) is 23.2 Å². The van der Waals surface area contributed by atoms with E-state index in [1.54, 1.807) is 37.8 Å². The van der Waals surface area contributed by atoms with Gasteiger partial charge in [-0.15, -0.1) is 0 Å². The second kappa shape index (κ2) is 17.2. The molecule has 0 saturated carbocycles. The number of nitrogens with two attached hydrogens (primary N) is 1. The molecule has 0 bridgehead atoms. The molecule has 3 N–H and O–H groups in total. The Kier molecular flexibility index (Phi) is 15.9. The molecule has 0 radical (unpaired) electrons. The summed E-state index contributed by atoms with van der Waals surface area (Å²) in [6, 6.07) is 14.7. The molecule has 176 valence electrons. The molecule has 8 heteroatoms. The number of aromatic nitrogens is 1. The summed E-state index contributed by atoms with van der Waals surface area (Å²) in [4.78, 5) is 5.37. The Bertz CT molecular complexity index is 1100. The summed E-state index contributed by atoms with van der Waals surface area (Å²) >= 11 is 0. The summed E-state index contributed by atoms with van der Waals surface area (Å²) in [6.45, 7) is 12.0. The Morgan fingerprint density at radius 1 is 0.812 bits per heavy atom. The first-order valence-corrected chi connectivity index (χ1v) is 13.0. The molecule has 2 aromatic heterocycles. The average Bonchev–Trinajstić information content (AvgIpc) is 3.35. The first-order valence-electron chi connectivity index (χ1n) is 10.6. The van der Waals surface area contributed by atoms with Crippen molar-refractivity contribution in [2.24, 2.45) is 5.14 Å².